The quantitative estimate of drug-likeness (QED) is 0.256. The van der Waals surface area contributed by atoms with E-state index in [1.807, 2.05) is 57.2 Å². The number of aromatic nitrogens is 5. The molecule has 3 atom stereocenters. The first-order chi connectivity index (χ1) is 19.6. The first-order valence-electron chi connectivity index (χ1n) is 13.1. The Labute approximate surface area is 239 Å². The van der Waals surface area contributed by atoms with Crippen molar-refractivity contribution in [2.45, 2.75) is 50.9 Å². The van der Waals surface area contributed by atoms with E-state index >= 15 is 0 Å². The molecule has 0 bridgehead atoms. The minimum absolute atomic E-state index is 0.152. The fourth-order valence-corrected chi connectivity index (χ4v) is 5.82. The first kappa shape index (κ1) is 30.3. The highest BCUT2D eigenvalue weighted by Gasteiger charge is 2.36. The second-order valence-electron chi connectivity index (χ2n) is 9.99. The van der Waals surface area contributed by atoms with Crippen LogP contribution in [0.25, 0.3) is 17.1 Å². The van der Waals surface area contributed by atoms with Gasteiger partial charge in [0.1, 0.15) is 23.7 Å². The van der Waals surface area contributed by atoms with Crippen LogP contribution >= 0.6 is 0 Å². The Balaban J connectivity index is 1.80. The maximum Gasteiger partial charge on any atom is 0.168 e. The lowest BCUT2D eigenvalue weighted by Crippen LogP contribution is -2.33. The summed E-state index contributed by atoms with van der Waals surface area (Å²) in [6.07, 6.45) is 0.833. The molecular weight excluding hydrogens is 546 g/mol. The van der Waals surface area contributed by atoms with Gasteiger partial charge in [0.05, 0.1) is 31.3 Å². The second kappa shape index (κ2) is 12.9. The van der Waals surface area contributed by atoms with E-state index < -0.39 is 39.7 Å². The molecule has 0 saturated heterocycles. The fourth-order valence-electron chi connectivity index (χ4n) is 4.44. The van der Waals surface area contributed by atoms with Gasteiger partial charge in [0.2, 0.25) is 0 Å². The highest BCUT2D eigenvalue weighted by molar-refractivity contribution is 7.91. The Morgan fingerprint density at radius 3 is 2.37 bits per heavy atom. The van der Waals surface area contributed by atoms with Gasteiger partial charge in [-0.3, -0.25) is 4.57 Å². The zero-order chi connectivity index (χ0) is 29.7. The number of ether oxygens (including phenoxy) is 2. The lowest BCUT2D eigenvalue weighted by Gasteiger charge is -2.24. The van der Waals surface area contributed by atoms with Crippen molar-refractivity contribution in [2.75, 3.05) is 20.3 Å². The number of nitrogens with zero attached hydrogens (tertiary/aromatic N) is 5. The van der Waals surface area contributed by atoms with E-state index in [-0.39, 0.29) is 18.3 Å². The van der Waals surface area contributed by atoms with Crippen LogP contribution in [0, 0.1) is 20.8 Å². The molecule has 2 aromatic heterocycles. The normalized spacial score (nSPS) is 14.0. The number of methoxy groups -OCH3 is 1. The highest BCUT2D eigenvalue weighted by Crippen LogP contribution is 2.34. The summed E-state index contributed by atoms with van der Waals surface area (Å²) in [6, 6.07) is 13.3. The monoisotopic (exact) mass is 581 g/mol. The van der Waals surface area contributed by atoms with Crippen LogP contribution < -0.4 is 4.74 Å². The van der Waals surface area contributed by atoms with Crippen molar-refractivity contribution >= 4 is 9.84 Å². The molecule has 0 amide bonds. The minimum atomic E-state index is -3.98. The molecule has 0 aliphatic carbocycles. The van der Waals surface area contributed by atoms with Gasteiger partial charge in [-0.1, -0.05) is 35.9 Å². The molecule has 4 rings (SSSR count). The van der Waals surface area contributed by atoms with E-state index in [9.17, 15) is 18.6 Å². The molecular formula is C29H35N5O6S. The Morgan fingerprint density at radius 1 is 1.00 bits per heavy atom. The SMILES string of the molecule is COc1cccc(C)c1-n1c(CS(=O)(=O)[C@H](C)[C@@H](OC[C@@H](O)CO)c2ncc(C)cn2)nnc1-c1cccc(C)c1. The molecule has 11 nitrogen and oxygen atoms in total. The van der Waals surface area contributed by atoms with Crippen LogP contribution in [0.4, 0.5) is 0 Å². The van der Waals surface area contributed by atoms with Crippen LogP contribution in [-0.4, -0.2) is 75.0 Å². The Morgan fingerprint density at radius 2 is 1.71 bits per heavy atom. The van der Waals surface area contributed by atoms with Gasteiger partial charge in [0, 0.05) is 18.0 Å². The molecule has 0 fully saturated rings. The van der Waals surface area contributed by atoms with Crippen molar-refractivity contribution in [3.8, 4) is 22.8 Å². The third-order valence-corrected chi connectivity index (χ3v) is 8.75. The second-order valence-corrected chi connectivity index (χ2v) is 12.3. The van der Waals surface area contributed by atoms with Crippen molar-refractivity contribution in [2.24, 2.45) is 0 Å². The van der Waals surface area contributed by atoms with E-state index in [0.29, 0.717) is 17.3 Å². The van der Waals surface area contributed by atoms with E-state index in [1.165, 1.54) is 6.92 Å². The number of hydrogen-bond donors (Lipinski definition) is 2. The molecule has 0 spiro atoms. The predicted octanol–water partition coefficient (Wildman–Crippen LogP) is 3.07. The van der Waals surface area contributed by atoms with Crippen LogP contribution in [0.3, 0.4) is 0 Å². The molecule has 0 aliphatic rings. The van der Waals surface area contributed by atoms with Crippen LogP contribution in [0.15, 0.2) is 54.9 Å². The fraction of sp³-hybridized carbons (Fsp3) is 0.379. The number of aryl methyl sites for hydroxylation is 3. The molecule has 0 aliphatic heterocycles. The number of aliphatic hydroxyl groups excluding tert-OH is 2. The van der Waals surface area contributed by atoms with Crippen LogP contribution in [0.5, 0.6) is 5.75 Å². The van der Waals surface area contributed by atoms with Crippen LogP contribution in [0.1, 0.15) is 41.4 Å². The van der Waals surface area contributed by atoms with Crippen molar-refractivity contribution in [3.05, 3.63) is 83.2 Å². The largest absolute Gasteiger partial charge is 0.495 e. The zero-order valence-electron chi connectivity index (χ0n) is 23.7. The van der Waals surface area contributed by atoms with Crippen molar-refractivity contribution < 1.29 is 28.1 Å². The van der Waals surface area contributed by atoms with Crippen molar-refractivity contribution in [1.29, 1.82) is 0 Å². The maximum atomic E-state index is 14.0. The highest BCUT2D eigenvalue weighted by atomic mass is 32.2. The number of para-hydroxylation sites is 1. The summed E-state index contributed by atoms with van der Waals surface area (Å²) in [7, 11) is -2.43. The average molecular weight is 582 g/mol. The van der Waals surface area contributed by atoms with Gasteiger partial charge in [-0.15, -0.1) is 10.2 Å². The van der Waals surface area contributed by atoms with Gasteiger partial charge < -0.3 is 19.7 Å². The molecule has 2 N–H and O–H groups in total. The number of aliphatic hydroxyl groups is 2. The van der Waals surface area contributed by atoms with Gasteiger partial charge >= 0.3 is 0 Å². The maximum absolute atomic E-state index is 14.0. The molecule has 2 aromatic carbocycles. The molecule has 12 heteroatoms. The van der Waals surface area contributed by atoms with Gasteiger partial charge in [0.15, 0.2) is 27.3 Å². The lowest BCUT2D eigenvalue weighted by molar-refractivity contribution is -0.0324. The van der Waals surface area contributed by atoms with Gasteiger partial charge in [-0.25, -0.2) is 18.4 Å². The molecule has 0 saturated carbocycles. The van der Waals surface area contributed by atoms with E-state index in [2.05, 4.69) is 20.2 Å². The van der Waals surface area contributed by atoms with Gasteiger partial charge in [-0.05, 0) is 51.0 Å². The Kier molecular flexibility index (Phi) is 9.49. The third-order valence-electron chi connectivity index (χ3n) is 6.71. The Bertz CT molecular complexity index is 1590. The smallest absolute Gasteiger partial charge is 0.168 e. The van der Waals surface area contributed by atoms with Crippen molar-refractivity contribution in [1.82, 2.24) is 24.7 Å². The minimum Gasteiger partial charge on any atom is -0.495 e. The predicted molar refractivity (Wildman–Crippen MR) is 153 cm³/mol. The molecule has 4 aromatic rings. The number of rotatable bonds is 12. The summed E-state index contributed by atoms with van der Waals surface area (Å²) in [5.74, 6) is 0.885. The van der Waals surface area contributed by atoms with Crippen LogP contribution in [0.2, 0.25) is 0 Å². The number of sulfone groups is 1. The zero-order valence-corrected chi connectivity index (χ0v) is 24.5. The summed E-state index contributed by atoms with van der Waals surface area (Å²) >= 11 is 0. The summed E-state index contributed by atoms with van der Waals surface area (Å²) in [5, 5.41) is 26.8. The summed E-state index contributed by atoms with van der Waals surface area (Å²) < 4.78 is 41.1. The number of hydrogen-bond acceptors (Lipinski definition) is 10. The van der Waals surface area contributed by atoms with Crippen molar-refractivity contribution in [3.63, 3.8) is 0 Å². The number of benzene rings is 2. The molecule has 2 heterocycles. The Hall–Kier alpha value is -3.71. The standard InChI is InChI=1S/C29H35N5O6S/c1-18-8-6-10-22(12-18)29-33-32-25(34(29)26-20(3)9-7-11-24(26)39-5)17-41(37,38)21(4)27(40-16-23(36)15-35)28-30-13-19(2)14-31-28/h6-14,21,23,27,35-36H,15-17H2,1-5H3/t21-,23+,27-/m1/s1. The van der Waals surface area contributed by atoms with Gasteiger partial charge in [-0.2, -0.15) is 0 Å². The van der Waals surface area contributed by atoms with E-state index in [4.69, 9.17) is 9.47 Å². The summed E-state index contributed by atoms with van der Waals surface area (Å²) in [5.41, 5.74) is 4.06. The molecule has 218 valence electrons. The van der Waals surface area contributed by atoms with E-state index in [1.54, 1.807) is 30.1 Å². The third kappa shape index (κ3) is 6.79. The summed E-state index contributed by atoms with van der Waals surface area (Å²) in [4.78, 5) is 8.56. The average Bonchev–Trinajstić information content (AvgIpc) is 3.35. The lowest BCUT2D eigenvalue weighted by atomic mass is 10.1. The van der Waals surface area contributed by atoms with Gasteiger partial charge in [0.25, 0.3) is 0 Å². The van der Waals surface area contributed by atoms with Crippen LogP contribution in [-0.2, 0) is 20.3 Å². The molecule has 0 radical (unpaired) electrons. The topological polar surface area (TPSA) is 150 Å². The first-order valence-corrected chi connectivity index (χ1v) is 14.8. The molecule has 41 heavy (non-hydrogen) atoms. The molecule has 0 unspecified atom stereocenters. The van der Waals surface area contributed by atoms with E-state index in [0.717, 1.165) is 22.3 Å². The summed E-state index contributed by atoms with van der Waals surface area (Å²) in [6.45, 7) is 6.35.